The Hall–Kier alpha value is -1.39. The van der Waals surface area contributed by atoms with E-state index in [2.05, 4.69) is 15.4 Å². The summed E-state index contributed by atoms with van der Waals surface area (Å²) in [5.74, 6) is 3.12. The molecule has 1 aromatic heterocycles. The predicted molar refractivity (Wildman–Crippen MR) is 82.9 cm³/mol. The van der Waals surface area contributed by atoms with Crippen LogP contribution in [0, 0.1) is 23.2 Å². The Balaban J connectivity index is 1.22. The van der Waals surface area contributed by atoms with Crippen molar-refractivity contribution in [3.8, 4) is 0 Å². The van der Waals surface area contributed by atoms with Crippen molar-refractivity contribution in [3.05, 3.63) is 12.7 Å². The zero-order valence-corrected chi connectivity index (χ0v) is 13.2. The van der Waals surface area contributed by atoms with Crippen molar-refractivity contribution in [2.45, 2.75) is 57.9 Å². The van der Waals surface area contributed by atoms with E-state index >= 15 is 0 Å². The molecule has 0 saturated heterocycles. The van der Waals surface area contributed by atoms with Crippen LogP contribution >= 0.6 is 0 Å². The van der Waals surface area contributed by atoms with Crippen LogP contribution in [-0.2, 0) is 11.3 Å². The molecule has 22 heavy (non-hydrogen) atoms. The van der Waals surface area contributed by atoms with Gasteiger partial charge in [0.05, 0.1) is 6.54 Å². The maximum Gasteiger partial charge on any atom is 0.221 e. The molecular weight excluding hydrogens is 276 g/mol. The molecule has 1 heterocycles. The van der Waals surface area contributed by atoms with Gasteiger partial charge in [0.1, 0.15) is 12.7 Å². The maximum atomic E-state index is 12.0. The average Bonchev–Trinajstić information content (AvgIpc) is 2.96. The Morgan fingerprint density at radius 2 is 1.86 bits per heavy atom. The lowest BCUT2D eigenvalue weighted by Gasteiger charge is -2.57. The van der Waals surface area contributed by atoms with Crippen LogP contribution in [0.3, 0.4) is 0 Å². The Labute approximate surface area is 131 Å². The van der Waals surface area contributed by atoms with Crippen LogP contribution in [0.5, 0.6) is 0 Å². The van der Waals surface area contributed by atoms with E-state index in [4.69, 9.17) is 0 Å². The first-order chi connectivity index (χ1) is 10.7. The number of hydrogen-bond donors (Lipinski definition) is 1. The van der Waals surface area contributed by atoms with Crippen LogP contribution in [0.1, 0.15) is 51.4 Å². The summed E-state index contributed by atoms with van der Waals surface area (Å²) in [6, 6.07) is 0. The fraction of sp³-hybridized carbons (Fsp3) is 0.824. The molecule has 1 N–H and O–H groups in total. The molecule has 4 aliphatic rings. The second-order valence-corrected chi connectivity index (χ2v) is 7.93. The molecule has 1 amide bonds. The number of nitrogens with one attached hydrogen (secondary N) is 1. The van der Waals surface area contributed by atoms with Crippen molar-refractivity contribution < 1.29 is 4.79 Å². The summed E-state index contributed by atoms with van der Waals surface area (Å²) >= 11 is 0. The van der Waals surface area contributed by atoms with Gasteiger partial charge < -0.3 is 5.32 Å². The van der Waals surface area contributed by atoms with Gasteiger partial charge in [0.15, 0.2) is 0 Å². The summed E-state index contributed by atoms with van der Waals surface area (Å²) in [5, 5.41) is 7.14. The molecule has 0 radical (unpaired) electrons. The number of hydrogen-bond acceptors (Lipinski definition) is 3. The Bertz CT molecular complexity index is 489. The van der Waals surface area contributed by atoms with Gasteiger partial charge in [-0.15, -0.1) is 0 Å². The summed E-state index contributed by atoms with van der Waals surface area (Å²) in [6.45, 7) is 1.46. The predicted octanol–water partition coefficient (Wildman–Crippen LogP) is 2.39. The van der Waals surface area contributed by atoms with Gasteiger partial charge >= 0.3 is 0 Å². The van der Waals surface area contributed by atoms with Crippen molar-refractivity contribution in [2.75, 3.05) is 6.54 Å². The highest BCUT2D eigenvalue weighted by molar-refractivity contribution is 5.75. The van der Waals surface area contributed by atoms with Gasteiger partial charge in [0.2, 0.25) is 5.91 Å². The van der Waals surface area contributed by atoms with E-state index in [9.17, 15) is 4.79 Å². The molecule has 4 fully saturated rings. The zero-order valence-electron chi connectivity index (χ0n) is 13.2. The van der Waals surface area contributed by atoms with Gasteiger partial charge in [0.25, 0.3) is 0 Å². The highest BCUT2D eigenvalue weighted by Crippen LogP contribution is 2.61. The van der Waals surface area contributed by atoms with Crippen molar-refractivity contribution in [2.24, 2.45) is 23.2 Å². The molecule has 5 nitrogen and oxygen atoms in total. The fourth-order valence-corrected chi connectivity index (χ4v) is 5.72. The fourth-order valence-electron chi connectivity index (χ4n) is 5.72. The molecule has 5 rings (SSSR count). The first kappa shape index (κ1) is 14.2. The normalized spacial score (nSPS) is 35.7. The van der Waals surface area contributed by atoms with Crippen LogP contribution in [0.4, 0.5) is 0 Å². The van der Waals surface area contributed by atoms with Crippen molar-refractivity contribution in [3.63, 3.8) is 0 Å². The smallest absolute Gasteiger partial charge is 0.221 e. The molecule has 120 valence electrons. The monoisotopic (exact) mass is 302 g/mol. The van der Waals surface area contributed by atoms with Gasteiger partial charge in [-0.1, -0.05) is 0 Å². The number of nitrogens with zero attached hydrogens (tertiary/aromatic N) is 3. The highest BCUT2D eigenvalue weighted by atomic mass is 16.1. The molecule has 0 aromatic carbocycles. The summed E-state index contributed by atoms with van der Waals surface area (Å²) < 4.78 is 1.71. The van der Waals surface area contributed by atoms with Crippen molar-refractivity contribution in [1.82, 2.24) is 20.1 Å². The Morgan fingerprint density at radius 3 is 2.45 bits per heavy atom. The molecule has 0 spiro atoms. The second kappa shape index (κ2) is 5.67. The highest BCUT2D eigenvalue weighted by Gasteiger charge is 2.50. The Kier molecular flexibility index (Phi) is 3.66. The first-order valence-corrected chi connectivity index (χ1v) is 8.80. The van der Waals surface area contributed by atoms with Gasteiger partial charge in [-0.05, 0) is 68.1 Å². The summed E-state index contributed by atoms with van der Waals surface area (Å²) in [7, 11) is 0. The van der Waals surface area contributed by atoms with E-state index in [0.29, 0.717) is 18.4 Å². The van der Waals surface area contributed by atoms with E-state index in [1.807, 2.05) is 0 Å². The van der Waals surface area contributed by atoms with Crippen LogP contribution in [-0.4, -0.2) is 27.2 Å². The molecule has 0 atom stereocenters. The quantitative estimate of drug-likeness (QED) is 0.877. The van der Waals surface area contributed by atoms with Crippen LogP contribution in [0.25, 0.3) is 0 Å². The largest absolute Gasteiger partial charge is 0.356 e. The molecule has 4 saturated carbocycles. The molecular formula is C17H26N4O. The summed E-state index contributed by atoms with van der Waals surface area (Å²) in [6.07, 6.45) is 13.6. The SMILES string of the molecule is O=C(CCn1cncn1)NCCC12CC3CC(CC(C3)C1)C2. The lowest BCUT2D eigenvalue weighted by atomic mass is 9.49. The molecule has 1 aromatic rings. The topological polar surface area (TPSA) is 59.8 Å². The molecule has 4 aliphatic carbocycles. The van der Waals surface area contributed by atoms with Crippen molar-refractivity contribution in [1.29, 1.82) is 0 Å². The number of carbonyl (C=O) groups is 1. The third kappa shape index (κ3) is 2.90. The second-order valence-electron chi connectivity index (χ2n) is 7.93. The number of aryl methyl sites for hydroxylation is 1. The maximum absolute atomic E-state index is 12.0. The Morgan fingerprint density at radius 1 is 1.18 bits per heavy atom. The molecule has 0 unspecified atom stereocenters. The lowest BCUT2D eigenvalue weighted by molar-refractivity contribution is -0.121. The van der Waals surface area contributed by atoms with Crippen molar-refractivity contribution >= 4 is 5.91 Å². The molecule has 5 heteroatoms. The summed E-state index contributed by atoms with van der Waals surface area (Å²) in [4.78, 5) is 15.8. The summed E-state index contributed by atoms with van der Waals surface area (Å²) in [5.41, 5.74) is 0.563. The minimum Gasteiger partial charge on any atom is -0.356 e. The molecule has 4 bridgehead atoms. The lowest BCUT2D eigenvalue weighted by Crippen LogP contribution is -2.47. The van der Waals surface area contributed by atoms with Crippen LogP contribution in [0.15, 0.2) is 12.7 Å². The van der Waals surface area contributed by atoms with E-state index < -0.39 is 0 Å². The third-order valence-corrected chi connectivity index (χ3v) is 6.18. The number of aromatic nitrogens is 3. The average molecular weight is 302 g/mol. The third-order valence-electron chi connectivity index (χ3n) is 6.18. The molecule has 0 aliphatic heterocycles. The van der Waals surface area contributed by atoms with E-state index in [-0.39, 0.29) is 5.91 Å². The van der Waals surface area contributed by atoms with Gasteiger partial charge in [0, 0.05) is 13.0 Å². The van der Waals surface area contributed by atoms with Crippen LogP contribution < -0.4 is 5.32 Å². The van der Waals surface area contributed by atoms with Gasteiger partial charge in [-0.2, -0.15) is 5.10 Å². The first-order valence-electron chi connectivity index (χ1n) is 8.80. The number of carbonyl (C=O) groups excluding carboxylic acids is 1. The number of rotatable bonds is 6. The number of amides is 1. The standard InChI is InChI=1S/C17H26N4O/c22-16(1-4-21-12-18-11-20-21)19-3-2-17-8-13-5-14(9-17)7-15(6-13)10-17/h11-15H,1-10H2,(H,19,22). The van der Waals surface area contributed by atoms with E-state index in [0.717, 1.165) is 24.3 Å². The van der Waals surface area contributed by atoms with Gasteiger partial charge in [-0.25, -0.2) is 4.98 Å². The van der Waals surface area contributed by atoms with Gasteiger partial charge in [-0.3, -0.25) is 9.48 Å². The van der Waals surface area contributed by atoms with E-state index in [1.54, 1.807) is 11.0 Å². The minimum absolute atomic E-state index is 0.139. The van der Waals surface area contributed by atoms with E-state index in [1.165, 1.54) is 51.3 Å². The van der Waals surface area contributed by atoms with Crippen LogP contribution in [0.2, 0.25) is 0 Å². The minimum atomic E-state index is 0.139. The zero-order chi connectivity index (χ0) is 15.0.